The van der Waals surface area contributed by atoms with E-state index in [1.165, 1.54) is 5.56 Å². The Kier molecular flexibility index (Phi) is 1.34. The predicted molar refractivity (Wildman–Crippen MR) is 42.6 cm³/mol. The Bertz CT molecular complexity index is 288. The summed E-state index contributed by atoms with van der Waals surface area (Å²) in [4.78, 5) is 14.3. The maximum atomic E-state index is 11.3. The standard InChI is InChI=1S/C9H11NO/c1-6-4-7-2-3-10-9(7)8(11)5-6/h2-3,6,10H,4-5H2,1H3. The van der Waals surface area contributed by atoms with Crippen molar-refractivity contribution in [2.75, 3.05) is 0 Å². The van der Waals surface area contributed by atoms with Crippen LogP contribution >= 0.6 is 0 Å². The molecule has 1 atom stereocenters. The molecule has 0 saturated carbocycles. The first-order valence-electron chi connectivity index (χ1n) is 3.97. The molecular formula is C9H11NO. The lowest BCUT2D eigenvalue weighted by Gasteiger charge is -2.16. The molecule has 1 aliphatic rings. The van der Waals surface area contributed by atoms with Gasteiger partial charge in [0.05, 0.1) is 5.69 Å². The van der Waals surface area contributed by atoms with Crippen LogP contribution in [0.3, 0.4) is 0 Å². The van der Waals surface area contributed by atoms with Crippen LogP contribution in [0.15, 0.2) is 12.3 Å². The van der Waals surface area contributed by atoms with E-state index in [0.717, 1.165) is 12.1 Å². The van der Waals surface area contributed by atoms with E-state index in [9.17, 15) is 4.79 Å². The number of hydrogen-bond donors (Lipinski definition) is 1. The minimum absolute atomic E-state index is 0.267. The predicted octanol–water partition coefficient (Wildman–Crippen LogP) is 1.78. The van der Waals surface area contributed by atoms with E-state index in [2.05, 4.69) is 11.9 Å². The lowest BCUT2D eigenvalue weighted by Crippen LogP contribution is -2.16. The van der Waals surface area contributed by atoms with Gasteiger partial charge in [0.15, 0.2) is 5.78 Å². The second kappa shape index (κ2) is 2.22. The van der Waals surface area contributed by atoms with Crippen molar-refractivity contribution in [2.45, 2.75) is 19.8 Å². The van der Waals surface area contributed by atoms with Crippen molar-refractivity contribution >= 4 is 5.78 Å². The maximum absolute atomic E-state index is 11.3. The van der Waals surface area contributed by atoms with Crippen LogP contribution in [0.1, 0.15) is 29.4 Å². The number of fused-ring (bicyclic) bond motifs is 1. The summed E-state index contributed by atoms with van der Waals surface area (Å²) < 4.78 is 0. The van der Waals surface area contributed by atoms with Crippen molar-refractivity contribution in [3.63, 3.8) is 0 Å². The molecule has 0 aliphatic heterocycles. The highest BCUT2D eigenvalue weighted by Gasteiger charge is 2.22. The fourth-order valence-corrected chi connectivity index (χ4v) is 1.70. The van der Waals surface area contributed by atoms with Crippen molar-refractivity contribution in [2.24, 2.45) is 5.92 Å². The number of carbonyl (C=O) groups excluding carboxylic acids is 1. The zero-order valence-electron chi connectivity index (χ0n) is 6.55. The Morgan fingerprint density at radius 3 is 3.18 bits per heavy atom. The maximum Gasteiger partial charge on any atom is 0.179 e. The third kappa shape index (κ3) is 0.985. The van der Waals surface area contributed by atoms with Crippen LogP contribution in [0.4, 0.5) is 0 Å². The first-order chi connectivity index (χ1) is 5.27. The molecular weight excluding hydrogens is 138 g/mol. The largest absolute Gasteiger partial charge is 0.359 e. The van der Waals surface area contributed by atoms with Gasteiger partial charge in [-0.25, -0.2) is 0 Å². The second-order valence-electron chi connectivity index (χ2n) is 3.31. The molecule has 0 radical (unpaired) electrons. The third-order valence-corrected chi connectivity index (χ3v) is 2.21. The minimum Gasteiger partial charge on any atom is -0.359 e. The monoisotopic (exact) mass is 149 g/mol. The number of rotatable bonds is 0. The van der Waals surface area contributed by atoms with Crippen molar-refractivity contribution in [1.29, 1.82) is 0 Å². The summed E-state index contributed by atoms with van der Waals surface area (Å²) in [5, 5.41) is 0. The Morgan fingerprint density at radius 2 is 2.36 bits per heavy atom. The minimum atomic E-state index is 0.267. The van der Waals surface area contributed by atoms with Gasteiger partial charge in [-0.05, 0) is 24.0 Å². The molecule has 1 heterocycles. The summed E-state index contributed by atoms with van der Waals surface area (Å²) in [6, 6.07) is 2.00. The summed E-state index contributed by atoms with van der Waals surface area (Å²) >= 11 is 0. The molecule has 0 spiro atoms. The molecule has 0 amide bonds. The highest BCUT2D eigenvalue weighted by molar-refractivity contribution is 5.96. The smallest absolute Gasteiger partial charge is 0.179 e. The molecule has 1 aromatic rings. The van der Waals surface area contributed by atoms with Crippen molar-refractivity contribution in [3.05, 3.63) is 23.5 Å². The fourth-order valence-electron chi connectivity index (χ4n) is 1.70. The summed E-state index contributed by atoms with van der Waals surface area (Å²) in [7, 11) is 0. The normalized spacial score (nSPS) is 23.4. The number of carbonyl (C=O) groups is 1. The van der Waals surface area contributed by atoms with Crippen LogP contribution < -0.4 is 0 Å². The molecule has 58 valence electrons. The summed E-state index contributed by atoms with van der Waals surface area (Å²) in [6.07, 6.45) is 3.60. The van der Waals surface area contributed by atoms with Crippen LogP contribution in [-0.4, -0.2) is 10.8 Å². The summed E-state index contributed by atoms with van der Waals surface area (Å²) in [5.74, 6) is 0.787. The number of hydrogen-bond acceptors (Lipinski definition) is 1. The molecule has 11 heavy (non-hydrogen) atoms. The van der Waals surface area contributed by atoms with Crippen LogP contribution in [0.25, 0.3) is 0 Å². The number of aromatic nitrogens is 1. The Hall–Kier alpha value is -1.05. The summed E-state index contributed by atoms with van der Waals surface area (Å²) in [6.45, 7) is 2.12. The molecule has 1 aromatic heterocycles. The van der Waals surface area contributed by atoms with Crippen molar-refractivity contribution < 1.29 is 4.79 Å². The highest BCUT2D eigenvalue weighted by Crippen LogP contribution is 2.23. The van der Waals surface area contributed by atoms with Crippen molar-refractivity contribution in [1.82, 2.24) is 4.98 Å². The lowest BCUT2D eigenvalue weighted by atomic mass is 9.88. The van der Waals surface area contributed by atoms with E-state index in [1.54, 1.807) is 0 Å². The zero-order chi connectivity index (χ0) is 7.84. The number of H-pyrrole nitrogens is 1. The first kappa shape index (κ1) is 6.65. The molecule has 1 N–H and O–H groups in total. The van der Waals surface area contributed by atoms with Crippen LogP contribution in [-0.2, 0) is 6.42 Å². The van der Waals surface area contributed by atoms with Gasteiger partial charge in [0.25, 0.3) is 0 Å². The topological polar surface area (TPSA) is 32.9 Å². The van der Waals surface area contributed by atoms with Gasteiger partial charge in [-0.2, -0.15) is 0 Å². The summed E-state index contributed by atoms with van der Waals surface area (Å²) in [5.41, 5.74) is 2.02. The number of aromatic amines is 1. The Labute approximate surface area is 65.6 Å². The molecule has 1 aliphatic carbocycles. The first-order valence-corrected chi connectivity index (χ1v) is 3.97. The van der Waals surface area contributed by atoms with Gasteiger partial charge in [0.2, 0.25) is 0 Å². The van der Waals surface area contributed by atoms with E-state index in [4.69, 9.17) is 0 Å². The van der Waals surface area contributed by atoms with Crippen LogP contribution in [0, 0.1) is 5.92 Å². The van der Waals surface area contributed by atoms with E-state index in [0.29, 0.717) is 12.3 Å². The van der Waals surface area contributed by atoms with E-state index in [-0.39, 0.29) is 5.78 Å². The van der Waals surface area contributed by atoms with Gasteiger partial charge < -0.3 is 4.98 Å². The van der Waals surface area contributed by atoms with Crippen LogP contribution in [0.5, 0.6) is 0 Å². The third-order valence-electron chi connectivity index (χ3n) is 2.21. The van der Waals surface area contributed by atoms with E-state index >= 15 is 0 Å². The molecule has 0 aromatic carbocycles. The second-order valence-corrected chi connectivity index (χ2v) is 3.31. The SMILES string of the molecule is CC1CC(=O)c2[nH]ccc2C1. The highest BCUT2D eigenvalue weighted by atomic mass is 16.1. The molecule has 2 heteroatoms. The molecule has 1 unspecified atom stereocenters. The molecule has 0 saturated heterocycles. The van der Waals surface area contributed by atoms with Crippen molar-refractivity contribution in [3.8, 4) is 0 Å². The number of nitrogens with one attached hydrogen (secondary N) is 1. The van der Waals surface area contributed by atoms with Gasteiger partial charge in [-0.15, -0.1) is 0 Å². The Balaban J connectivity index is 2.44. The quantitative estimate of drug-likeness (QED) is 0.599. The lowest BCUT2D eigenvalue weighted by molar-refractivity contribution is 0.0949. The van der Waals surface area contributed by atoms with Gasteiger partial charge in [-0.1, -0.05) is 6.92 Å². The van der Waals surface area contributed by atoms with Crippen LogP contribution in [0.2, 0.25) is 0 Å². The van der Waals surface area contributed by atoms with Gasteiger partial charge >= 0.3 is 0 Å². The molecule has 2 rings (SSSR count). The van der Waals surface area contributed by atoms with Gasteiger partial charge in [-0.3, -0.25) is 4.79 Å². The van der Waals surface area contributed by atoms with E-state index in [1.807, 2.05) is 12.3 Å². The van der Waals surface area contributed by atoms with E-state index < -0.39 is 0 Å². The molecule has 0 fully saturated rings. The number of ketones is 1. The Morgan fingerprint density at radius 1 is 1.55 bits per heavy atom. The number of Topliss-reactive ketones (excluding diaryl/α,β-unsaturated/α-hetero) is 1. The average molecular weight is 149 g/mol. The molecule has 2 nitrogen and oxygen atoms in total. The molecule has 0 bridgehead atoms. The zero-order valence-corrected chi connectivity index (χ0v) is 6.55. The fraction of sp³-hybridized carbons (Fsp3) is 0.444. The average Bonchev–Trinajstić information content (AvgIpc) is 2.34. The van der Waals surface area contributed by atoms with Gasteiger partial charge in [0, 0.05) is 12.6 Å². The van der Waals surface area contributed by atoms with Gasteiger partial charge in [0.1, 0.15) is 0 Å².